The second kappa shape index (κ2) is 7.33. The zero-order valence-electron chi connectivity index (χ0n) is 13.5. The first-order chi connectivity index (χ1) is 11.1. The highest BCUT2D eigenvalue weighted by atomic mass is 32.2. The molecule has 1 amide bonds. The molecule has 2 rings (SSSR count). The van der Waals surface area contributed by atoms with Crippen molar-refractivity contribution < 1.29 is 30.6 Å². The molecule has 9 heteroatoms. The molecule has 5 nitrogen and oxygen atoms in total. The van der Waals surface area contributed by atoms with Gasteiger partial charge in [-0.15, -0.1) is 0 Å². The van der Waals surface area contributed by atoms with Gasteiger partial charge in [0.2, 0.25) is 5.91 Å². The van der Waals surface area contributed by atoms with Gasteiger partial charge >= 0.3 is 15.6 Å². The standard InChI is InChI=1S/C15H22F3NO4S/c1-19(12-7-3-2-4-8-12)14(20)11-6-5-9-13(10-11)23-24(21,22)15(16,17)18/h10-12H,2-9H2,1H3. The van der Waals surface area contributed by atoms with Crippen molar-refractivity contribution >= 4 is 16.0 Å². The van der Waals surface area contributed by atoms with E-state index in [0.717, 1.165) is 32.1 Å². The van der Waals surface area contributed by atoms with Gasteiger partial charge in [0, 0.05) is 19.5 Å². The Morgan fingerprint density at radius 2 is 1.79 bits per heavy atom. The molecule has 2 aliphatic carbocycles. The molecule has 0 bridgehead atoms. The third kappa shape index (κ3) is 4.43. The summed E-state index contributed by atoms with van der Waals surface area (Å²) in [5, 5.41) is 0. The largest absolute Gasteiger partial charge is 0.534 e. The lowest BCUT2D eigenvalue weighted by molar-refractivity contribution is -0.135. The SMILES string of the molecule is CN(C(=O)C1C=C(OS(=O)(=O)C(F)(F)F)CCC1)C1CCCCC1. The van der Waals surface area contributed by atoms with Crippen LogP contribution < -0.4 is 0 Å². The monoisotopic (exact) mass is 369 g/mol. The van der Waals surface area contributed by atoms with E-state index in [1.54, 1.807) is 11.9 Å². The fourth-order valence-corrected chi connectivity index (χ4v) is 3.76. The molecule has 1 unspecified atom stereocenters. The van der Waals surface area contributed by atoms with E-state index in [0.29, 0.717) is 12.8 Å². The van der Waals surface area contributed by atoms with Crippen molar-refractivity contribution in [1.29, 1.82) is 0 Å². The van der Waals surface area contributed by atoms with Crippen molar-refractivity contribution in [2.24, 2.45) is 5.92 Å². The van der Waals surface area contributed by atoms with Crippen LogP contribution in [0.15, 0.2) is 11.8 Å². The molecule has 1 fully saturated rings. The minimum absolute atomic E-state index is 0.0756. The number of allylic oxidation sites excluding steroid dienone is 1. The maximum atomic E-state index is 12.6. The van der Waals surface area contributed by atoms with E-state index in [1.165, 1.54) is 6.08 Å². The van der Waals surface area contributed by atoms with Crippen LogP contribution in [0.2, 0.25) is 0 Å². The van der Waals surface area contributed by atoms with Crippen molar-refractivity contribution in [2.45, 2.75) is 62.9 Å². The molecule has 1 atom stereocenters. The van der Waals surface area contributed by atoms with Crippen LogP contribution in [-0.4, -0.2) is 37.8 Å². The predicted octanol–water partition coefficient (Wildman–Crippen LogP) is 3.33. The highest BCUT2D eigenvalue weighted by Gasteiger charge is 2.49. The quantitative estimate of drug-likeness (QED) is 0.563. The minimum atomic E-state index is -5.68. The highest BCUT2D eigenvalue weighted by molar-refractivity contribution is 7.87. The molecule has 0 aliphatic heterocycles. The van der Waals surface area contributed by atoms with Crippen molar-refractivity contribution in [3.05, 3.63) is 11.8 Å². The van der Waals surface area contributed by atoms with Crippen LogP contribution in [0.3, 0.4) is 0 Å². The molecule has 1 saturated carbocycles. The molecule has 138 valence electrons. The number of amides is 1. The summed E-state index contributed by atoms with van der Waals surface area (Å²) in [6.45, 7) is 0. The van der Waals surface area contributed by atoms with Gasteiger partial charge in [-0.2, -0.15) is 21.6 Å². The Labute approximate surface area is 140 Å². The van der Waals surface area contributed by atoms with Crippen LogP contribution in [-0.2, 0) is 19.1 Å². The Balaban J connectivity index is 2.06. The predicted molar refractivity (Wildman–Crippen MR) is 81.1 cm³/mol. The Morgan fingerprint density at radius 1 is 1.17 bits per heavy atom. The maximum Gasteiger partial charge on any atom is 0.534 e. The van der Waals surface area contributed by atoms with Crippen LogP contribution in [0.5, 0.6) is 0 Å². The van der Waals surface area contributed by atoms with E-state index in [9.17, 15) is 26.4 Å². The molecule has 0 aromatic rings. The van der Waals surface area contributed by atoms with Gasteiger partial charge < -0.3 is 9.08 Å². The van der Waals surface area contributed by atoms with Crippen LogP contribution in [0.1, 0.15) is 51.4 Å². The van der Waals surface area contributed by atoms with E-state index >= 15 is 0 Å². The normalized spacial score (nSPS) is 23.5. The molecule has 0 N–H and O–H groups in total. The van der Waals surface area contributed by atoms with E-state index < -0.39 is 21.5 Å². The van der Waals surface area contributed by atoms with Crippen molar-refractivity contribution in [3.8, 4) is 0 Å². The van der Waals surface area contributed by atoms with E-state index in [-0.39, 0.29) is 24.1 Å². The van der Waals surface area contributed by atoms with Crippen molar-refractivity contribution in [3.63, 3.8) is 0 Å². The van der Waals surface area contributed by atoms with Gasteiger partial charge in [0.05, 0.1) is 5.92 Å². The molecule has 24 heavy (non-hydrogen) atoms. The molecule has 0 spiro atoms. The first kappa shape index (κ1) is 19.1. The molecule has 2 aliphatic rings. The van der Waals surface area contributed by atoms with Gasteiger partial charge in [-0.05, 0) is 31.8 Å². The average Bonchev–Trinajstić information content (AvgIpc) is 2.53. The van der Waals surface area contributed by atoms with Crippen molar-refractivity contribution in [2.75, 3.05) is 7.05 Å². The van der Waals surface area contributed by atoms with Gasteiger partial charge in [-0.25, -0.2) is 0 Å². The summed E-state index contributed by atoms with van der Waals surface area (Å²) in [5.41, 5.74) is -5.47. The van der Waals surface area contributed by atoms with Gasteiger partial charge in [0.1, 0.15) is 5.76 Å². The summed E-state index contributed by atoms with van der Waals surface area (Å²) in [5.74, 6) is -1.12. The van der Waals surface area contributed by atoms with E-state index in [1.807, 2.05) is 0 Å². The van der Waals surface area contributed by atoms with Gasteiger partial charge in [-0.1, -0.05) is 19.3 Å². The second-order valence-corrected chi connectivity index (χ2v) is 7.89. The Morgan fingerprint density at radius 3 is 2.38 bits per heavy atom. The number of hydrogen-bond donors (Lipinski definition) is 0. The van der Waals surface area contributed by atoms with Gasteiger partial charge in [0.25, 0.3) is 0 Å². The summed E-state index contributed by atoms with van der Waals surface area (Å²) in [6, 6.07) is 0.143. The average molecular weight is 369 g/mol. The van der Waals surface area contributed by atoms with Crippen molar-refractivity contribution in [1.82, 2.24) is 4.90 Å². The fraction of sp³-hybridized carbons (Fsp3) is 0.800. The first-order valence-electron chi connectivity index (χ1n) is 8.10. The van der Waals surface area contributed by atoms with Crippen LogP contribution in [0.4, 0.5) is 13.2 Å². The summed E-state index contributed by atoms with van der Waals surface area (Å²) >= 11 is 0. The third-order valence-corrected chi connectivity index (χ3v) is 5.61. The van der Waals surface area contributed by atoms with Gasteiger partial charge in [0.15, 0.2) is 0 Å². The van der Waals surface area contributed by atoms with E-state index in [4.69, 9.17) is 0 Å². The topological polar surface area (TPSA) is 63.7 Å². The summed E-state index contributed by atoms with van der Waals surface area (Å²) in [6.07, 6.45) is 7.30. The molecular formula is C15H22F3NO4S. The Kier molecular flexibility index (Phi) is 5.83. The maximum absolute atomic E-state index is 12.6. The van der Waals surface area contributed by atoms with Crippen LogP contribution >= 0.6 is 0 Å². The number of alkyl halides is 3. The zero-order valence-corrected chi connectivity index (χ0v) is 14.3. The lowest BCUT2D eigenvalue weighted by Gasteiger charge is -2.34. The smallest absolute Gasteiger partial charge is 0.381 e. The molecular weight excluding hydrogens is 347 g/mol. The summed E-state index contributed by atoms with van der Waals surface area (Å²) in [7, 11) is -3.98. The summed E-state index contributed by atoms with van der Waals surface area (Å²) in [4.78, 5) is 14.2. The Hall–Kier alpha value is -1.25. The third-order valence-electron chi connectivity index (χ3n) is 4.61. The number of carbonyl (C=O) groups is 1. The fourth-order valence-electron chi connectivity index (χ4n) is 3.25. The molecule has 0 saturated heterocycles. The number of halogens is 3. The van der Waals surface area contributed by atoms with Gasteiger partial charge in [-0.3, -0.25) is 4.79 Å². The minimum Gasteiger partial charge on any atom is -0.381 e. The lowest BCUT2D eigenvalue weighted by atomic mass is 9.90. The van der Waals surface area contributed by atoms with Crippen LogP contribution in [0, 0.1) is 5.92 Å². The molecule has 0 heterocycles. The van der Waals surface area contributed by atoms with Crippen LogP contribution in [0.25, 0.3) is 0 Å². The first-order valence-corrected chi connectivity index (χ1v) is 9.51. The van der Waals surface area contributed by atoms with E-state index in [2.05, 4.69) is 4.18 Å². The number of carbonyl (C=O) groups excluding carboxylic acids is 1. The highest BCUT2D eigenvalue weighted by Crippen LogP contribution is 2.32. The molecule has 0 aromatic carbocycles. The summed E-state index contributed by atoms with van der Waals surface area (Å²) < 4.78 is 63.6. The molecule has 0 aromatic heterocycles. The zero-order chi connectivity index (χ0) is 18.0. The number of nitrogens with zero attached hydrogens (tertiary/aromatic N) is 1. The number of hydrogen-bond acceptors (Lipinski definition) is 4. The second-order valence-electron chi connectivity index (χ2n) is 6.36. The molecule has 0 radical (unpaired) electrons. The lowest BCUT2D eigenvalue weighted by Crippen LogP contribution is -2.41. The Bertz CT molecular complexity index is 594. The number of rotatable bonds is 4.